The SMILES string of the molecule is COc1ccc(CN(Cc2ccc(OC)cc2)S(=O)(=O)c2cc(C(C)N3CC(CCC(C)C)C3)n(C)n2)cc1. The molecule has 0 amide bonds. The number of hydrogen-bond acceptors (Lipinski definition) is 6. The van der Waals surface area contributed by atoms with E-state index in [2.05, 4.69) is 30.8 Å². The predicted octanol–water partition coefficient (Wildman–Crippen LogP) is 5.26. The molecule has 0 spiro atoms. The first-order valence-corrected chi connectivity index (χ1v) is 15.1. The fraction of sp³-hybridized carbons (Fsp3) is 0.500. The molecule has 0 radical (unpaired) electrons. The van der Waals surface area contributed by atoms with Crippen molar-refractivity contribution in [3.05, 3.63) is 71.4 Å². The van der Waals surface area contributed by atoms with Crippen LogP contribution in [0.15, 0.2) is 59.6 Å². The molecule has 0 N–H and O–H groups in total. The Hall–Kier alpha value is -2.88. The summed E-state index contributed by atoms with van der Waals surface area (Å²) in [6.45, 7) is 9.18. The maximum absolute atomic E-state index is 14.0. The lowest BCUT2D eigenvalue weighted by Gasteiger charge is -2.43. The quantitative estimate of drug-likeness (QED) is 0.287. The van der Waals surface area contributed by atoms with Gasteiger partial charge < -0.3 is 9.47 Å². The number of aromatic nitrogens is 2. The molecule has 1 fully saturated rings. The van der Waals surface area contributed by atoms with Crippen LogP contribution in [-0.4, -0.2) is 54.7 Å². The first kappa shape index (κ1) is 29.1. The van der Waals surface area contributed by atoms with E-state index in [1.165, 1.54) is 17.1 Å². The molecule has 2 aromatic carbocycles. The molecule has 1 aromatic heterocycles. The minimum absolute atomic E-state index is 0.0748. The third kappa shape index (κ3) is 7.01. The van der Waals surface area contributed by atoms with Crippen molar-refractivity contribution in [3.8, 4) is 11.5 Å². The minimum Gasteiger partial charge on any atom is -0.497 e. The highest BCUT2D eigenvalue weighted by atomic mass is 32.2. The fourth-order valence-electron chi connectivity index (χ4n) is 5.06. The molecular weight excluding hydrogens is 512 g/mol. The van der Waals surface area contributed by atoms with E-state index in [0.717, 1.165) is 53.2 Å². The highest BCUT2D eigenvalue weighted by Gasteiger charge is 2.34. The summed E-state index contributed by atoms with van der Waals surface area (Å²) in [5.74, 6) is 2.89. The van der Waals surface area contributed by atoms with Gasteiger partial charge in [0.1, 0.15) is 11.5 Å². The molecule has 1 aliphatic heterocycles. The standard InChI is InChI=1S/C30H42N4O4S/c1-22(2)7-8-26-18-33(19-26)23(3)29-17-30(31-32(29)4)39(35,36)34(20-24-9-13-27(37-5)14-10-24)21-25-11-15-28(38-6)16-12-25/h9-17,22-23,26H,7-8,18-21H2,1-6H3. The van der Waals surface area contributed by atoms with Gasteiger partial charge in [0.05, 0.1) is 19.9 Å². The van der Waals surface area contributed by atoms with E-state index < -0.39 is 10.0 Å². The Kier molecular flexibility index (Phi) is 9.35. The van der Waals surface area contributed by atoms with Gasteiger partial charge in [-0.1, -0.05) is 44.5 Å². The number of methoxy groups -OCH3 is 2. The Bertz CT molecular complexity index is 1260. The van der Waals surface area contributed by atoms with E-state index in [0.29, 0.717) is 0 Å². The fourth-order valence-corrected chi connectivity index (χ4v) is 6.46. The van der Waals surface area contributed by atoms with Crippen LogP contribution in [0.3, 0.4) is 0 Å². The Balaban J connectivity index is 1.55. The van der Waals surface area contributed by atoms with E-state index in [-0.39, 0.29) is 24.2 Å². The maximum Gasteiger partial charge on any atom is 0.263 e. The van der Waals surface area contributed by atoms with Gasteiger partial charge in [0.2, 0.25) is 0 Å². The zero-order valence-corrected chi connectivity index (χ0v) is 24.8. The van der Waals surface area contributed by atoms with Crippen molar-refractivity contribution in [3.63, 3.8) is 0 Å². The van der Waals surface area contributed by atoms with Crippen LogP contribution >= 0.6 is 0 Å². The second-order valence-corrected chi connectivity index (χ2v) is 12.9. The largest absolute Gasteiger partial charge is 0.497 e. The molecule has 1 saturated heterocycles. The summed E-state index contributed by atoms with van der Waals surface area (Å²) in [7, 11) is 1.17. The van der Waals surface area contributed by atoms with Crippen molar-refractivity contribution in [2.75, 3.05) is 27.3 Å². The number of benzene rings is 2. The molecule has 1 aliphatic rings. The summed E-state index contributed by atoms with van der Waals surface area (Å²) in [6.07, 6.45) is 2.50. The van der Waals surface area contributed by atoms with Crippen molar-refractivity contribution < 1.29 is 17.9 Å². The molecule has 0 bridgehead atoms. The highest BCUT2D eigenvalue weighted by Crippen LogP contribution is 2.33. The van der Waals surface area contributed by atoms with Crippen LogP contribution in [0.2, 0.25) is 0 Å². The normalized spacial score (nSPS) is 15.5. The summed E-state index contributed by atoms with van der Waals surface area (Å²) in [5, 5.41) is 4.58. The van der Waals surface area contributed by atoms with Crippen molar-refractivity contribution in [1.29, 1.82) is 0 Å². The molecule has 9 heteroatoms. The number of rotatable bonds is 13. The second-order valence-electron chi connectivity index (χ2n) is 11.0. The summed E-state index contributed by atoms with van der Waals surface area (Å²) in [4.78, 5) is 2.41. The van der Waals surface area contributed by atoms with E-state index in [1.54, 1.807) is 25.0 Å². The number of sulfonamides is 1. The van der Waals surface area contributed by atoms with Gasteiger partial charge in [0, 0.05) is 45.3 Å². The lowest BCUT2D eigenvalue weighted by molar-refractivity contribution is 0.0487. The number of nitrogens with zero attached hydrogens (tertiary/aromatic N) is 4. The zero-order chi connectivity index (χ0) is 28.2. The number of likely N-dealkylation sites (tertiary alicyclic amines) is 1. The zero-order valence-electron chi connectivity index (χ0n) is 24.0. The molecule has 4 rings (SSSR count). The van der Waals surface area contributed by atoms with Gasteiger partial charge in [0.25, 0.3) is 10.0 Å². The smallest absolute Gasteiger partial charge is 0.263 e. The molecule has 1 unspecified atom stereocenters. The first-order valence-electron chi connectivity index (χ1n) is 13.6. The number of aryl methyl sites for hydroxylation is 1. The van der Waals surface area contributed by atoms with Crippen molar-refractivity contribution in [2.45, 2.75) is 57.8 Å². The lowest BCUT2D eigenvalue weighted by Crippen LogP contribution is -2.48. The Morgan fingerprint density at radius 3 is 1.90 bits per heavy atom. The van der Waals surface area contributed by atoms with E-state index in [9.17, 15) is 8.42 Å². The monoisotopic (exact) mass is 554 g/mol. The average molecular weight is 555 g/mol. The average Bonchev–Trinajstić information content (AvgIpc) is 3.30. The predicted molar refractivity (Wildman–Crippen MR) is 153 cm³/mol. The van der Waals surface area contributed by atoms with Crippen LogP contribution in [0, 0.1) is 11.8 Å². The summed E-state index contributed by atoms with van der Waals surface area (Å²) < 4.78 is 41.8. The van der Waals surface area contributed by atoms with Crippen LogP contribution in [-0.2, 0) is 30.2 Å². The molecule has 1 atom stereocenters. The van der Waals surface area contributed by atoms with Crippen molar-refractivity contribution in [1.82, 2.24) is 19.0 Å². The molecular formula is C30H42N4O4S. The number of ether oxygens (including phenoxy) is 2. The van der Waals surface area contributed by atoms with Gasteiger partial charge in [-0.2, -0.15) is 9.40 Å². The van der Waals surface area contributed by atoms with Crippen LogP contribution in [0.4, 0.5) is 0 Å². The van der Waals surface area contributed by atoms with Crippen molar-refractivity contribution >= 4 is 10.0 Å². The second kappa shape index (κ2) is 12.5. The molecule has 8 nitrogen and oxygen atoms in total. The maximum atomic E-state index is 14.0. The van der Waals surface area contributed by atoms with Gasteiger partial charge in [-0.3, -0.25) is 9.58 Å². The third-order valence-electron chi connectivity index (χ3n) is 7.65. The van der Waals surface area contributed by atoms with E-state index in [1.807, 2.05) is 55.6 Å². The lowest BCUT2D eigenvalue weighted by atomic mass is 9.90. The van der Waals surface area contributed by atoms with Crippen LogP contribution in [0.25, 0.3) is 0 Å². The molecule has 3 aromatic rings. The third-order valence-corrected chi connectivity index (χ3v) is 9.31. The molecule has 0 saturated carbocycles. The van der Waals surface area contributed by atoms with E-state index in [4.69, 9.17) is 9.47 Å². The Morgan fingerprint density at radius 2 is 1.44 bits per heavy atom. The first-order chi connectivity index (χ1) is 18.6. The van der Waals surface area contributed by atoms with Crippen LogP contribution in [0.1, 0.15) is 56.5 Å². The van der Waals surface area contributed by atoms with Gasteiger partial charge in [-0.05, 0) is 60.6 Å². The van der Waals surface area contributed by atoms with Gasteiger partial charge >= 0.3 is 0 Å². The van der Waals surface area contributed by atoms with Gasteiger partial charge in [-0.15, -0.1) is 0 Å². The van der Waals surface area contributed by atoms with Crippen LogP contribution < -0.4 is 9.47 Å². The van der Waals surface area contributed by atoms with Crippen molar-refractivity contribution in [2.24, 2.45) is 18.9 Å². The summed E-state index contributed by atoms with van der Waals surface area (Å²) in [6, 6.07) is 16.8. The summed E-state index contributed by atoms with van der Waals surface area (Å²) in [5.41, 5.74) is 2.64. The van der Waals surface area contributed by atoms with E-state index >= 15 is 0 Å². The Morgan fingerprint density at radius 1 is 0.923 bits per heavy atom. The molecule has 2 heterocycles. The summed E-state index contributed by atoms with van der Waals surface area (Å²) >= 11 is 0. The van der Waals surface area contributed by atoms with Gasteiger partial charge in [0.15, 0.2) is 5.03 Å². The highest BCUT2D eigenvalue weighted by molar-refractivity contribution is 7.89. The number of hydrogen-bond donors (Lipinski definition) is 0. The Labute approximate surface area is 233 Å². The van der Waals surface area contributed by atoms with Crippen LogP contribution in [0.5, 0.6) is 11.5 Å². The van der Waals surface area contributed by atoms with Gasteiger partial charge in [-0.25, -0.2) is 8.42 Å². The topological polar surface area (TPSA) is 76.9 Å². The molecule has 39 heavy (non-hydrogen) atoms. The molecule has 0 aliphatic carbocycles. The molecule has 212 valence electrons. The minimum atomic E-state index is -3.89.